The topological polar surface area (TPSA) is 76.7 Å². The van der Waals surface area contributed by atoms with Gasteiger partial charge in [-0.05, 0) is 57.0 Å². The quantitative estimate of drug-likeness (QED) is 0.534. The van der Waals surface area contributed by atoms with Gasteiger partial charge in [0.05, 0.1) is 13.2 Å². The van der Waals surface area contributed by atoms with Crippen molar-refractivity contribution < 1.29 is 19.1 Å². The molecule has 0 spiro atoms. The highest BCUT2D eigenvalue weighted by atomic mass is 16.5. The minimum Gasteiger partial charge on any atom is -0.490 e. The molecule has 2 aromatic carbocycles. The van der Waals surface area contributed by atoms with E-state index in [2.05, 4.69) is 17.8 Å². The molecule has 2 aromatic rings. The lowest BCUT2D eigenvalue weighted by molar-refractivity contribution is 0.0846. The molecule has 0 bridgehead atoms. The van der Waals surface area contributed by atoms with Crippen LogP contribution in [0.4, 0.5) is 0 Å². The number of ether oxygens (including phenoxy) is 2. The van der Waals surface area contributed by atoms with E-state index in [-0.39, 0.29) is 5.91 Å². The fourth-order valence-electron chi connectivity index (χ4n) is 2.68. The van der Waals surface area contributed by atoms with Crippen molar-refractivity contribution in [2.45, 2.75) is 40.5 Å². The van der Waals surface area contributed by atoms with Gasteiger partial charge < -0.3 is 9.47 Å². The van der Waals surface area contributed by atoms with Crippen molar-refractivity contribution in [1.82, 2.24) is 10.9 Å². The second kappa shape index (κ2) is 10.3. The van der Waals surface area contributed by atoms with Crippen LogP contribution in [0.2, 0.25) is 0 Å². The van der Waals surface area contributed by atoms with Gasteiger partial charge in [-0.2, -0.15) is 0 Å². The Kier molecular flexibility index (Phi) is 7.87. The first kappa shape index (κ1) is 21.3. The lowest BCUT2D eigenvalue weighted by Gasteiger charge is -2.14. The van der Waals surface area contributed by atoms with Crippen LogP contribution in [0.15, 0.2) is 36.4 Å². The van der Waals surface area contributed by atoms with Crippen LogP contribution in [-0.4, -0.2) is 25.0 Å². The summed E-state index contributed by atoms with van der Waals surface area (Å²) < 4.78 is 11.3. The monoisotopic (exact) mass is 384 g/mol. The van der Waals surface area contributed by atoms with E-state index in [0.717, 1.165) is 24.0 Å². The zero-order valence-electron chi connectivity index (χ0n) is 16.9. The van der Waals surface area contributed by atoms with Crippen LogP contribution in [-0.2, 0) is 0 Å². The molecule has 0 unspecified atom stereocenters. The summed E-state index contributed by atoms with van der Waals surface area (Å²) in [6, 6.07) is 10.5. The first-order chi connectivity index (χ1) is 13.5. The number of hydrazine groups is 1. The molecule has 0 heterocycles. The molecule has 6 heteroatoms. The zero-order chi connectivity index (χ0) is 20.5. The summed E-state index contributed by atoms with van der Waals surface area (Å²) >= 11 is 0. The fourth-order valence-corrected chi connectivity index (χ4v) is 2.68. The molecule has 2 N–H and O–H groups in total. The molecule has 0 saturated carbocycles. The maximum Gasteiger partial charge on any atom is 0.269 e. The van der Waals surface area contributed by atoms with E-state index < -0.39 is 5.91 Å². The number of carbonyl (C=O) groups excluding carboxylic acids is 2. The molecule has 2 rings (SSSR count). The summed E-state index contributed by atoms with van der Waals surface area (Å²) in [5.41, 5.74) is 7.70. The Labute approximate surface area is 166 Å². The summed E-state index contributed by atoms with van der Waals surface area (Å²) in [6.07, 6.45) is 1.98. The number of hydrogen-bond acceptors (Lipinski definition) is 4. The van der Waals surface area contributed by atoms with E-state index in [1.54, 1.807) is 24.3 Å². The van der Waals surface area contributed by atoms with Gasteiger partial charge in [0.15, 0.2) is 11.5 Å². The Balaban J connectivity index is 2.04. The minimum atomic E-state index is -0.431. The van der Waals surface area contributed by atoms with E-state index >= 15 is 0 Å². The number of benzene rings is 2. The normalized spacial score (nSPS) is 10.3. The standard InChI is InChI=1S/C22H28N2O4/c1-5-7-12-28-19-11-9-17(14-20(19)27-6-2)21(25)23-24-22(26)18-10-8-15(3)13-16(18)4/h8-11,13-14H,5-7,12H2,1-4H3,(H,23,25)(H,24,26). The van der Waals surface area contributed by atoms with Crippen molar-refractivity contribution in [1.29, 1.82) is 0 Å². The molecule has 150 valence electrons. The van der Waals surface area contributed by atoms with Crippen LogP contribution in [0.5, 0.6) is 11.5 Å². The largest absolute Gasteiger partial charge is 0.490 e. The molecule has 28 heavy (non-hydrogen) atoms. The molecule has 0 aliphatic carbocycles. The van der Waals surface area contributed by atoms with Crippen molar-refractivity contribution in [2.24, 2.45) is 0 Å². The predicted octanol–water partition coefficient (Wildman–Crippen LogP) is 3.96. The number of nitrogens with one attached hydrogen (secondary N) is 2. The molecule has 0 saturated heterocycles. The smallest absolute Gasteiger partial charge is 0.269 e. The highest BCUT2D eigenvalue weighted by Gasteiger charge is 2.14. The van der Waals surface area contributed by atoms with Crippen LogP contribution in [0, 0.1) is 13.8 Å². The van der Waals surface area contributed by atoms with Gasteiger partial charge in [0.1, 0.15) is 0 Å². The Morgan fingerprint density at radius 1 is 0.893 bits per heavy atom. The molecule has 0 fully saturated rings. The van der Waals surface area contributed by atoms with Gasteiger partial charge in [0.25, 0.3) is 11.8 Å². The predicted molar refractivity (Wildman–Crippen MR) is 109 cm³/mol. The van der Waals surface area contributed by atoms with E-state index in [1.807, 2.05) is 32.9 Å². The molecular weight excluding hydrogens is 356 g/mol. The molecule has 0 atom stereocenters. The zero-order valence-corrected chi connectivity index (χ0v) is 16.9. The summed E-state index contributed by atoms with van der Waals surface area (Å²) in [5, 5.41) is 0. The van der Waals surface area contributed by atoms with Gasteiger partial charge in [0.2, 0.25) is 0 Å². The molecular formula is C22H28N2O4. The lowest BCUT2D eigenvalue weighted by atomic mass is 10.1. The van der Waals surface area contributed by atoms with Gasteiger partial charge in [-0.25, -0.2) is 0 Å². The number of hydrogen-bond donors (Lipinski definition) is 2. The van der Waals surface area contributed by atoms with E-state index in [4.69, 9.17) is 9.47 Å². The lowest BCUT2D eigenvalue weighted by Crippen LogP contribution is -2.41. The highest BCUT2D eigenvalue weighted by molar-refractivity contribution is 6.00. The van der Waals surface area contributed by atoms with Crippen LogP contribution >= 0.6 is 0 Å². The second-order valence-electron chi connectivity index (χ2n) is 6.52. The van der Waals surface area contributed by atoms with Crippen molar-refractivity contribution in [3.05, 3.63) is 58.7 Å². The Bertz CT molecular complexity index is 833. The Morgan fingerprint density at radius 3 is 2.32 bits per heavy atom. The average molecular weight is 384 g/mol. The van der Waals surface area contributed by atoms with Crippen LogP contribution < -0.4 is 20.3 Å². The van der Waals surface area contributed by atoms with Gasteiger partial charge >= 0.3 is 0 Å². The Morgan fingerprint density at radius 2 is 1.64 bits per heavy atom. The number of aryl methyl sites for hydroxylation is 2. The molecule has 2 amide bonds. The maximum absolute atomic E-state index is 12.4. The third-order valence-corrected chi connectivity index (χ3v) is 4.18. The van der Waals surface area contributed by atoms with Crippen molar-refractivity contribution in [3.63, 3.8) is 0 Å². The average Bonchev–Trinajstić information content (AvgIpc) is 2.67. The van der Waals surface area contributed by atoms with E-state index in [1.165, 1.54) is 0 Å². The number of amides is 2. The Hall–Kier alpha value is -3.02. The van der Waals surface area contributed by atoms with Crippen LogP contribution in [0.3, 0.4) is 0 Å². The second-order valence-corrected chi connectivity index (χ2v) is 6.52. The van der Waals surface area contributed by atoms with Crippen molar-refractivity contribution >= 4 is 11.8 Å². The summed E-state index contributed by atoms with van der Waals surface area (Å²) in [7, 11) is 0. The number of carbonyl (C=O) groups is 2. The van der Waals surface area contributed by atoms with Gasteiger partial charge in [-0.15, -0.1) is 0 Å². The third-order valence-electron chi connectivity index (χ3n) is 4.18. The van der Waals surface area contributed by atoms with E-state index in [9.17, 15) is 9.59 Å². The van der Waals surface area contributed by atoms with Crippen molar-refractivity contribution in [2.75, 3.05) is 13.2 Å². The minimum absolute atomic E-state index is 0.365. The first-order valence-corrected chi connectivity index (χ1v) is 9.53. The van der Waals surface area contributed by atoms with Gasteiger partial charge in [0, 0.05) is 11.1 Å². The number of rotatable bonds is 8. The van der Waals surface area contributed by atoms with Crippen LogP contribution in [0.25, 0.3) is 0 Å². The van der Waals surface area contributed by atoms with Gasteiger partial charge in [-0.3, -0.25) is 20.4 Å². The van der Waals surface area contributed by atoms with E-state index in [0.29, 0.717) is 35.8 Å². The third kappa shape index (κ3) is 5.74. The maximum atomic E-state index is 12.4. The summed E-state index contributed by atoms with van der Waals surface area (Å²) in [5.74, 6) is 0.313. The summed E-state index contributed by atoms with van der Waals surface area (Å²) in [4.78, 5) is 24.7. The SMILES string of the molecule is CCCCOc1ccc(C(=O)NNC(=O)c2ccc(C)cc2C)cc1OCC. The molecule has 6 nitrogen and oxygen atoms in total. The number of unbranched alkanes of at least 4 members (excludes halogenated alkanes) is 1. The highest BCUT2D eigenvalue weighted by Crippen LogP contribution is 2.28. The molecule has 0 aliphatic heterocycles. The molecule has 0 radical (unpaired) electrons. The molecule has 0 aromatic heterocycles. The first-order valence-electron chi connectivity index (χ1n) is 9.53. The molecule has 0 aliphatic rings. The fraction of sp³-hybridized carbons (Fsp3) is 0.364. The van der Waals surface area contributed by atoms with Crippen molar-refractivity contribution in [3.8, 4) is 11.5 Å². The van der Waals surface area contributed by atoms with Crippen LogP contribution in [0.1, 0.15) is 58.5 Å². The van der Waals surface area contributed by atoms with Gasteiger partial charge in [-0.1, -0.05) is 31.0 Å². The summed E-state index contributed by atoms with van der Waals surface area (Å²) in [6.45, 7) is 8.82.